The lowest BCUT2D eigenvalue weighted by molar-refractivity contribution is 0.0697. The van der Waals surface area contributed by atoms with Crippen LogP contribution < -0.4 is 15.1 Å². The molecule has 1 saturated heterocycles. The third kappa shape index (κ3) is 5.00. The zero-order chi connectivity index (χ0) is 23.5. The Labute approximate surface area is 194 Å². The number of nitrogens with zero attached hydrogens (tertiary/aromatic N) is 2. The van der Waals surface area contributed by atoms with Crippen LogP contribution in [0.25, 0.3) is 0 Å². The minimum Gasteiger partial charge on any atom is -0.478 e. The second kappa shape index (κ2) is 9.36. The van der Waals surface area contributed by atoms with E-state index < -0.39 is 5.97 Å². The highest BCUT2D eigenvalue weighted by molar-refractivity contribution is 6.05. The summed E-state index contributed by atoms with van der Waals surface area (Å²) in [5.74, 6) is -1.27. The maximum absolute atomic E-state index is 12.6. The fourth-order valence-corrected chi connectivity index (χ4v) is 4.34. The van der Waals surface area contributed by atoms with Crippen LogP contribution in [0.4, 0.5) is 17.1 Å². The standard InChI is InChI=1S/C27H29N3O3/c1-18-7-9-21(10-8-18)26(31)28-22-11-12-25(24(16-22)27(32)33)29-13-14-30(20(3)17-29)23-6-4-5-19(2)15-23/h4-12,15-16,20H,13-14,17H2,1-3H3,(H,28,31)(H,32,33)/t20-/m1/s1. The van der Waals surface area contributed by atoms with Crippen LogP contribution in [0.1, 0.15) is 38.8 Å². The van der Waals surface area contributed by atoms with Crippen molar-refractivity contribution in [2.45, 2.75) is 26.8 Å². The molecule has 2 N–H and O–H groups in total. The first-order chi connectivity index (χ1) is 15.8. The van der Waals surface area contributed by atoms with Gasteiger partial charge in [-0.1, -0.05) is 29.8 Å². The first kappa shape index (κ1) is 22.4. The molecule has 0 saturated carbocycles. The number of hydrogen-bond donors (Lipinski definition) is 2. The molecule has 1 heterocycles. The Kier molecular flexibility index (Phi) is 6.36. The summed E-state index contributed by atoms with van der Waals surface area (Å²) in [6.07, 6.45) is 0. The molecule has 0 spiro atoms. The topological polar surface area (TPSA) is 72.9 Å². The van der Waals surface area contributed by atoms with Gasteiger partial charge in [0, 0.05) is 42.6 Å². The van der Waals surface area contributed by atoms with Crippen molar-refractivity contribution in [3.63, 3.8) is 0 Å². The Morgan fingerprint density at radius 1 is 0.939 bits per heavy atom. The Hall–Kier alpha value is -3.80. The third-order valence-corrected chi connectivity index (χ3v) is 6.10. The van der Waals surface area contributed by atoms with Crippen molar-refractivity contribution in [3.8, 4) is 0 Å². The number of aryl methyl sites for hydroxylation is 2. The zero-order valence-corrected chi connectivity index (χ0v) is 19.2. The molecule has 1 atom stereocenters. The number of benzene rings is 3. The number of amides is 1. The van der Waals surface area contributed by atoms with Gasteiger partial charge in [0.05, 0.1) is 11.3 Å². The second-order valence-corrected chi connectivity index (χ2v) is 8.68. The van der Waals surface area contributed by atoms with E-state index in [1.807, 2.05) is 19.1 Å². The molecule has 1 aliphatic rings. The second-order valence-electron chi connectivity index (χ2n) is 8.68. The van der Waals surface area contributed by atoms with E-state index in [9.17, 15) is 14.7 Å². The lowest BCUT2D eigenvalue weighted by Gasteiger charge is -2.42. The molecular weight excluding hydrogens is 414 g/mol. The summed E-state index contributed by atoms with van der Waals surface area (Å²) in [6.45, 7) is 8.43. The Bertz CT molecular complexity index is 1170. The van der Waals surface area contributed by atoms with Crippen molar-refractivity contribution in [3.05, 3.63) is 89.0 Å². The Morgan fingerprint density at radius 2 is 1.70 bits per heavy atom. The van der Waals surface area contributed by atoms with Crippen LogP contribution in [0.3, 0.4) is 0 Å². The van der Waals surface area contributed by atoms with Gasteiger partial charge in [-0.15, -0.1) is 0 Å². The first-order valence-corrected chi connectivity index (χ1v) is 11.2. The molecule has 1 amide bonds. The van der Waals surface area contributed by atoms with Crippen LogP contribution in [0.15, 0.2) is 66.7 Å². The van der Waals surface area contributed by atoms with E-state index in [0.29, 0.717) is 30.0 Å². The van der Waals surface area contributed by atoms with Crippen molar-refractivity contribution in [1.29, 1.82) is 0 Å². The van der Waals surface area contributed by atoms with E-state index in [-0.39, 0.29) is 17.5 Å². The number of piperazine rings is 1. The van der Waals surface area contributed by atoms with Crippen molar-refractivity contribution in [1.82, 2.24) is 0 Å². The van der Waals surface area contributed by atoms with E-state index in [0.717, 1.165) is 12.1 Å². The van der Waals surface area contributed by atoms with Gasteiger partial charge in [0.2, 0.25) is 0 Å². The van der Waals surface area contributed by atoms with Crippen LogP contribution in [-0.4, -0.2) is 42.7 Å². The molecule has 1 aliphatic heterocycles. The highest BCUT2D eigenvalue weighted by Gasteiger charge is 2.27. The van der Waals surface area contributed by atoms with Gasteiger partial charge < -0.3 is 20.2 Å². The smallest absolute Gasteiger partial charge is 0.337 e. The number of carboxylic acid groups (broad SMARTS) is 1. The molecule has 6 heteroatoms. The predicted octanol–water partition coefficient (Wildman–Crippen LogP) is 4.97. The molecule has 3 aromatic rings. The van der Waals surface area contributed by atoms with Gasteiger partial charge in [0.25, 0.3) is 5.91 Å². The van der Waals surface area contributed by atoms with Gasteiger partial charge >= 0.3 is 5.97 Å². The first-order valence-electron chi connectivity index (χ1n) is 11.2. The average Bonchev–Trinajstić information content (AvgIpc) is 2.79. The maximum Gasteiger partial charge on any atom is 0.337 e. The molecule has 33 heavy (non-hydrogen) atoms. The molecule has 0 radical (unpaired) electrons. The number of hydrogen-bond acceptors (Lipinski definition) is 4. The van der Waals surface area contributed by atoms with E-state index in [1.54, 1.807) is 30.3 Å². The predicted molar refractivity (Wildman–Crippen MR) is 133 cm³/mol. The van der Waals surface area contributed by atoms with Gasteiger partial charge in [-0.3, -0.25) is 4.79 Å². The third-order valence-electron chi connectivity index (χ3n) is 6.10. The van der Waals surface area contributed by atoms with Crippen LogP contribution in [0.2, 0.25) is 0 Å². The van der Waals surface area contributed by atoms with Gasteiger partial charge in [-0.25, -0.2) is 4.79 Å². The zero-order valence-electron chi connectivity index (χ0n) is 19.2. The van der Waals surface area contributed by atoms with Crippen LogP contribution in [-0.2, 0) is 0 Å². The summed E-state index contributed by atoms with van der Waals surface area (Å²) in [6, 6.07) is 21.0. The molecule has 1 fully saturated rings. The van der Waals surface area contributed by atoms with Crippen molar-refractivity contribution < 1.29 is 14.7 Å². The lowest BCUT2D eigenvalue weighted by atomic mass is 10.1. The van der Waals surface area contributed by atoms with Crippen LogP contribution in [0.5, 0.6) is 0 Å². The highest BCUT2D eigenvalue weighted by Crippen LogP contribution is 2.29. The summed E-state index contributed by atoms with van der Waals surface area (Å²) < 4.78 is 0. The van der Waals surface area contributed by atoms with E-state index in [1.165, 1.54) is 11.3 Å². The van der Waals surface area contributed by atoms with Gasteiger partial charge in [-0.2, -0.15) is 0 Å². The van der Waals surface area contributed by atoms with Gasteiger partial charge in [-0.05, 0) is 68.8 Å². The minimum atomic E-state index is -1.01. The van der Waals surface area contributed by atoms with Crippen LogP contribution in [0, 0.1) is 13.8 Å². The summed E-state index contributed by atoms with van der Waals surface area (Å²) in [7, 11) is 0. The average molecular weight is 444 g/mol. The fourth-order valence-electron chi connectivity index (χ4n) is 4.34. The fraction of sp³-hybridized carbons (Fsp3) is 0.259. The summed E-state index contributed by atoms with van der Waals surface area (Å²) >= 11 is 0. The van der Waals surface area contributed by atoms with Crippen LogP contribution >= 0.6 is 0 Å². The molecule has 170 valence electrons. The van der Waals surface area contributed by atoms with E-state index in [2.05, 4.69) is 53.2 Å². The molecule has 3 aromatic carbocycles. The number of carbonyl (C=O) groups is 2. The monoisotopic (exact) mass is 443 g/mol. The number of rotatable bonds is 5. The normalized spacial score (nSPS) is 15.9. The van der Waals surface area contributed by atoms with Crippen molar-refractivity contribution >= 4 is 28.9 Å². The molecule has 0 unspecified atom stereocenters. The molecule has 6 nitrogen and oxygen atoms in total. The Balaban J connectivity index is 1.52. The molecule has 0 aliphatic carbocycles. The lowest BCUT2D eigenvalue weighted by Crippen LogP contribution is -2.52. The van der Waals surface area contributed by atoms with Gasteiger partial charge in [0.15, 0.2) is 0 Å². The minimum absolute atomic E-state index is 0.188. The molecule has 4 rings (SSSR count). The molecule has 0 bridgehead atoms. The summed E-state index contributed by atoms with van der Waals surface area (Å²) in [5.41, 5.74) is 5.34. The SMILES string of the molecule is Cc1ccc(C(=O)Nc2ccc(N3CCN(c4cccc(C)c4)[C@H](C)C3)c(C(=O)O)c2)cc1. The molecule has 0 aromatic heterocycles. The number of anilines is 3. The summed E-state index contributed by atoms with van der Waals surface area (Å²) in [5, 5.41) is 12.7. The van der Waals surface area contributed by atoms with Gasteiger partial charge in [0.1, 0.15) is 0 Å². The molecular formula is C27H29N3O3. The quantitative estimate of drug-likeness (QED) is 0.583. The number of carbonyl (C=O) groups excluding carboxylic acids is 1. The van der Waals surface area contributed by atoms with Crippen molar-refractivity contribution in [2.24, 2.45) is 0 Å². The number of aromatic carboxylic acids is 1. The summed E-state index contributed by atoms with van der Waals surface area (Å²) in [4.78, 5) is 29.1. The maximum atomic E-state index is 12.6. The van der Waals surface area contributed by atoms with E-state index >= 15 is 0 Å². The number of nitrogens with one attached hydrogen (secondary N) is 1. The number of carboxylic acids is 1. The van der Waals surface area contributed by atoms with E-state index in [4.69, 9.17) is 0 Å². The highest BCUT2D eigenvalue weighted by atomic mass is 16.4. The van der Waals surface area contributed by atoms with Crippen molar-refractivity contribution in [2.75, 3.05) is 34.8 Å². The Morgan fingerprint density at radius 3 is 2.36 bits per heavy atom. The largest absolute Gasteiger partial charge is 0.478 e.